The summed E-state index contributed by atoms with van der Waals surface area (Å²) in [4.78, 5) is 1.73. The van der Waals surface area contributed by atoms with Gasteiger partial charge in [-0.05, 0) is 49.1 Å². The molecule has 0 aliphatic carbocycles. The molecule has 0 amide bonds. The smallest absolute Gasteiger partial charge is 0.150 e. The summed E-state index contributed by atoms with van der Waals surface area (Å²) in [6.45, 7) is 1.59. The summed E-state index contributed by atoms with van der Waals surface area (Å²) < 4.78 is 28.7. The summed E-state index contributed by atoms with van der Waals surface area (Å²) in [6, 6.07) is 10.1. The molecule has 0 fully saturated rings. The maximum absolute atomic E-state index is 14.4. The van der Waals surface area contributed by atoms with Gasteiger partial charge in [0.2, 0.25) is 0 Å². The molecule has 0 aromatic heterocycles. The molecule has 1 heterocycles. The summed E-state index contributed by atoms with van der Waals surface area (Å²) >= 11 is 0. The first-order valence-corrected chi connectivity index (χ1v) is 7.07. The second-order valence-corrected chi connectivity index (χ2v) is 5.45. The van der Waals surface area contributed by atoms with Gasteiger partial charge in [-0.25, -0.2) is 8.78 Å². The lowest BCUT2D eigenvalue weighted by atomic mass is 9.95. The highest BCUT2D eigenvalue weighted by molar-refractivity contribution is 5.69. The van der Waals surface area contributed by atoms with Crippen molar-refractivity contribution in [3.8, 4) is 0 Å². The Morgan fingerprint density at radius 1 is 1.19 bits per heavy atom. The summed E-state index contributed by atoms with van der Waals surface area (Å²) in [7, 11) is 0. The van der Waals surface area contributed by atoms with Crippen LogP contribution >= 0.6 is 0 Å². The highest BCUT2D eigenvalue weighted by Gasteiger charge is 2.28. The number of aliphatic hydroxyl groups is 1. The standard InChI is InChI=1S/C17H17F2NO/c1-11-6-7-13-4-2-3-5-16(13)20(11)17-14(18)8-12(10-21)9-15(17)19/h2-5,8-9,11,21H,6-7,10H2,1H3. The zero-order valence-electron chi connectivity index (χ0n) is 11.8. The molecule has 4 heteroatoms. The third kappa shape index (κ3) is 2.40. The van der Waals surface area contributed by atoms with Crippen LogP contribution < -0.4 is 4.90 Å². The third-order valence-corrected chi connectivity index (χ3v) is 4.02. The number of halogens is 2. The molecule has 1 unspecified atom stereocenters. The molecule has 2 aromatic rings. The minimum absolute atomic E-state index is 0.0175. The fourth-order valence-corrected chi connectivity index (χ4v) is 2.97. The number of benzene rings is 2. The minimum atomic E-state index is -0.636. The van der Waals surface area contributed by atoms with Gasteiger partial charge in [0.25, 0.3) is 0 Å². The molecule has 0 radical (unpaired) electrons. The summed E-state index contributed by atoms with van der Waals surface area (Å²) in [6.07, 6.45) is 1.75. The van der Waals surface area contributed by atoms with Crippen LogP contribution in [-0.2, 0) is 13.0 Å². The molecule has 1 aliphatic heterocycles. The van der Waals surface area contributed by atoms with Gasteiger partial charge in [-0.15, -0.1) is 0 Å². The summed E-state index contributed by atoms with van der Waals surface area (Å²) in [5.74, 6) is -1.27. The third-order valence-electron chi connectivity index (χ3n) is 4.02. The Hall–Kier alpha value is -1.94. The van der Waals surface area contributed by atoms with Crippen molar-refractivity contribution in [2.75, 3.05) is 4.90 Å². The first kappa shape index (κ1) is 14.0. The van der Waals surface area contributed by atoms with Crippen LogP contribution in [0.2, 0.25) is 0 Å². The fraction of sp³-hybridized carbons (Fsp3) is 0.294. The van der Waals surface area contributed by atoms with E-state index >= 15 is 0 Å². The number of aryl methyl sites for hydroxylation is 1. The highest BCUT2D eigenvalue weighted by Crippen LogP contribution is 2.39. The van der Waals surface area contributed by atoms with Crippen LogP contribution in [-0.4, -0.2) is 11.1 Å². The van der Waals surface area contributed by atoms with Gasteiger partial charge in [-0.3, -0.25) is 0 Å². The molecule has 2 nitrogen and oxygen atoms in total. The molecule has 21 heavy (non-hydrogen) atoms. The normalized spacial score (nSPS) is 17.7. The number of nitrogens with zero attached hydrogens (tertiary/aromatic N) is 1. The second kappa shape index (κ2) is 5.45. The van der Waals surface area contributed by atoms with Gasteiger partial charge in [-0.1, -0.05) is 18.2 Å². The van der Waals surface area contributed by atoms with Crippen molar-refractivity contribution < 1.29 is 13.9 Å². The molecule has 110 valence electrons. The van der Waals surface area contributed by atoms with Crippen LogP contribution in [0.25, 0.3) is 0 Å². The van der Waals surface area contributed by atoms with Crippen LogP contribution in [0.5, 0.6) is 0 Å². The molecule has 2 aromatic carbocycles. The topological polar surface area (TPSA) is 23.5 Å². The number of fused-ring (bicyclic) bond motifs is 1. The van der Waals surface area contributed by atoms with Gasteiger partial charge in [0.1, 0.15) is 17.3 Å². The molecular formula is C17H17F2NO. The highest BCUT2D eigenvalue weighted by atomic mass is 19.1. The van der Waals surface area contributed by atoms with Gasteiger partial charge in [-0.2, -0.15) is 0 Å². The van der Waals surface area contributed by atoms with E-state index in [1.807, 2.05) is 31.2 Å². The molecule has 0 bridgehead atoms. The summed E-state index contributed by atoms with van der Waals surface area (Å²) in [5.41, 5.74) is 2.16. The summed E-state index contributed by atoms with van der Waals surface area (Å²) in [5, 5.41) is 9.05. The van der Waals surface area contributed by atoms with E-state index in [0.717, 1.165) is 24.1 Å². The van der Waals surface area contributed by atoms with Crippen molar-refractivity contribution in [2.24, 2.45) is 0 Å². The van der Waals surface area contributed by atoms with E-state index in [0.29, 0.717) is 0 Å². The number of anilines is 2. The van der Waals surface area contributed by atoms with E-state index in [1.165, 1.54) is 12.1 Å². The monoisotopic (exact) mass is 289 g/mol. The van der Waals surface area contributed by atoms with Crippen LogP contribution in [0, 0.1) is 11.6 Å². The lowest BCUT2D eigenvalue weighted by Gasteiger charge is -2.37. The average Bonchev–Trinajstić information content (AvgIpc) is 2.48. The van der Waals surface area contributed by atoms with Crippen molar-refractivity contribution in [1.29, 1.82) is 0 Å². The van der Waals surface area contributed by atoms with E-state index < -0.39 is 11.6 Å². The molecule has 0 spiro atoms. The molecule has 1 atom stereocenters. The lowest BCUT2D eigenvalue weighted by molar-refractivity contribution is 0.280. The van der Waals surface area contributed by atoms with E-state index in [2.05, 4.69) is 0 Å². The van der Waals surface area contributed by atoms with E-state index in [4.69, 9.17) is 5.11 Å². The first-order valence-electron chi connectivity index (χ1n) is 7.07. The first-order chi connectivity index (χ1) is 10.1. The van der Waals surface area contributed by atoms with Crippen LogP contribution in [0.4, 0.5) is 20.2 Å². The van der Waals surface area contributed by atoms with Crippen molar-refractivity contribution in [2.45, 2.75) is 32.4 Å². The van der Waals surface area contributed by atoms with Gasteiger partial charge in [0.15, 0.2) is 0 Å². The quantitative estimate of drug-likeness (QED) is 0.905. The molecule has 3 rings (SSSR count). The van der Waals surface area contributed by atoms with Crippen molar-refractivity contribution >= 4 is 11.4 Å². The fourth-order valence-electron chi connectivity index (χ4n) is 2.97. The van der Waals surface area contributed by atoms with Crippen molar-refractivity contribution in [3.63, 3.8) is 0 Å². The van der Waals surface area contributed by atoms with Crippen molar-refractivity contribution in [1.82, 2.24) is 0 Å². The van der Waals surface area contributed by atoms with Gasteiger partial charge in [0, 0.05) is 11.7 Å². The lowest BCUT2D eigenvalue weighted by Crippen LogP contribution is -2.34. The zero-order chi connectivity index (χ0) is 15.0. The molecule has 1 aliphatic rings. The Morgan fingerprint density at radius 2 is 1.86 bits per heavy atom. The Balaban J connectivity index is 2.16. The minimum Gasteiger partial charge on any atom is -0.392 e. The van der Waals surface area contributed by atoms with Crippen LogP contribution in [0.15, 0.2) is 36.4 Å². The number of para-hydroxylation sites is 1. The zero-order valence-corrected chi connectivity index (χ0v) is 11.8. The number of aliphatic hydroxyl groups excluding tert-OH is 1. The van der Waals surface area contributed by atoms with Gasteiger partial charge < -0.3 is 10.0 Å². The SMILES string of the molecule is CC1CCc2ccccc2N1c1c(F)cc(CO)cc1F. The van der Waals surface area contributed by atoms with E-state index in [1.54, 1.807) is 4.90 Å². The Morgan fingerprint density at radius 3 is 2.52 bits per heavy atom. The van der Waals surface area contributed by atoms with Gasteiger partial charge >= 0.3 is 0 Å². The largest absolute Gasteiger partial charge is 0.392 e. The maximum atomic E-state index is 14.4. The van der Waals surface area contributed by atoms with Gasteiger partial charge in [0.05, 0.1) is 6.61 Å². The predicted octanol–water partition coefficient (Wildman–Crippen LogP) is 3.93. The molecule has 0 saturated carbocycles. The number of hydrogen-bond donors (Lipinski definition) is 1. The number of rotatable bonds is 2. The number of hydrogen-bond acceptors (Lipinski definition) is 2. The predicted molar refractivity (Wildman–Crippen MR) is 78.6 cm³/mol. The second-order valence-electron chi connectivity index (χ2n) is 5.45. The van der Waals surface area contributed by atoms with Crippen molar-refractivity contribution in [3.05, 3.63) is 59.2 Å². The Bertz CT molecular complexity index is 649. The molecule has 1 N–H and O–H groups in total. The van der Waals surface area contributed by atoms with E-state index in [9.17, 15) is 8.78 Å². The van der Waals surface area contributed by atoms with Crippen LogP contribution in [0.1, 0.15) is 24.5 Å². The van der Waals surface area contributed by atoms with Crippen LogP contribution in [0.3, 0.4) is 0 Å². The van der Waals surface area contributed by atoms with E-state index in [-0.39, 0.29) is 23.9 Å². The maximum Gasteiger partial charge on any atom is 0.150 e. The molecular weight excluding hydrogens is 272 g/mol. The average molecular weight is 289 g/mol. The molecule has 0 saturated heterocycles. The Labute approximate surface area is 122 Å². The Kier molecular flexibility index (Phi) is 3.64.